The summed E-state index contributed by atoms with van der Waals surface area (Å²) in [5.41, 5.74) is 1.41. The van der Waals surface area contributed by atoms with E-state index in [1.54, 1.807) is 0 Å². The van der Waals surface area contributed by atoms with Crippen LogP contribution in [-0.4, -0.2) is 71.5 Å². The van der Waals surface area contributed by atoms with E-state index < -0.39 is 0 Å². The minimum Gasteiger partial charge on any atom is -0.338 e. The van der Waals surface area contributed by atoms with Crippen LogP contribution >= 0.6 is 0 Å². The number of nitrogens with zero attached hydrogens (tertiary/aromatic N) is 5. The van der Waals surface area contributed by atoms with Crippen LogP contribution in [0.2, 0.25) is 0 Å². The number of aromatic nitrogens is 2. The van der Waals surface area contributed by atoms with Crippen molar-refractivity contribution >= 4 is 11.9 Å². The number of likely N-dealkylation sites (N-methyl/N-ethyl adjacent to an activating group) is 1. The molecular weight excluding hydrogens is 302 g/mol. The van der Waals surface area contributed by atoms with Gasteiger partial charge in [0.25, 0.3) is 5.91 Å². The Bertz CT molecular complexity index is 583. The molecule has 1 amide bonds. The summed E-state index contributed by atoms with van der Waals surface area (Å²) < 4.78 is 0. The van der Waals surface area contributed by atoms with E-state index in [4.69, 9.17) is 0 Å². The van der Waals surface area contributed by atoms with E-state index in [9.17, 15) is 4.79 Å². The van der Waals surface area contributed by atoms with E-state index in [1.165, 1.54) is 6.42 Å². The molecule has 0 bridgehead atoms. The Morgan fingerprint density at radius 3 is 2.62 bits per heavy atom. The molecule has 0 aromatic carbocycles. The number of rotatable bonds is 3. The third-order valence-electron chi connectivity index (χ3n) is 5.11. The number of hydrogen-bond donors (Lipinski definition) is 0. The molecule has 0 saturated carbocycles. The van der Waals surface area contributed by atoms with Gasteiger partial charge in [-0.3, -0.25) is 4.79 Å². The van der Waals surface area contributed by atoms with Gasteiger partial charge in [0.15, 0.2) is 0 Å². The number of carbonyl (C=O) groups is 1. The molecule has 0 N–H and O–H groups in total. The Hall–Kier alpha value is -1.69. The number of piperazine rings is 1. The summed E-state index contributed by atoms with van der Waals surface area (Å²) in [4.78, 5) is 28.6. The lowest BCUT2D eigenvalue weighted by molar-refractivity contribution is 0.0677. The third kappa shape index (κ3) is 3.86. The maximum absolute atomic E-state index is 12.8. The predicted molar refractivity (Wildman–Crippen MR) is 95.4 cm³/mol. The van der Waals surface area contributed by atoms with Gasteiger partial charge in [0.1, 0.15) is 5.69 Å². The van der Waals surface area contributed by atoms with Crippen molar-refractivity contribution in [3.63, 3.8) is 0 Å². The predicted octanol–water partition coefficient (Wildman–Crippen LogP) is 1.80. The summed E-state index contributed by atoms with van der Waals surface area (Å²) in [6.45, 7) is 13.0. The Morgan fingerprint density at radius 1 is 1.21 bits per heavy atom. The molecule has 1 atom stereocenters. The van der Waals surface area contributed by atoms with E-state index in [-0.39, 0.29) is 5.91 Å². The fourth-order valence-corrected chi connectivity index (χ4v) is 3.60. The molecule has 0 spiro atoms. The second-order valence-corrected chi connectivity index (χ2v) is 7.11. The zero-order valence-corrected chi connectivity index (χ0v) is 15.2. The maximum atomic E-state index is 12.8. The van der Waals surface area contributed by atoms with Crippen molar-refractivity contribution in [3.05, 3.63) is 17.5 Å². The Morgan fingerprint density at radius 2 is 1.96 bits per heavy atom. The summed E-state index contributed by atoms with van der Waals surface area (Å²) in [6.07, 6.45) is 2.29. The topological polar surface area (TPSA) is 52.6 Å². The molecule has 132 valence electrons. The van der Waals surface area contributed by atoms with E-state index in [2.05, 4.69) is 33.6 Å². The van der Waals surface area contributed by atoms with E-state index in [0.29, 0.717) is 17.6 Å². The molecule has 2 aliphatic heterocycles. The third-order valence-corrected chi connectivity index (χ3v) is 5.11. The number of hydrogen-bond acceptors (Lipinski definition) is 5. The van der Waals surface area contributed by atoms with Crippen LogP contribution in [0.15, 0.2) is 6.07 Å². The highest BCUT2D eigenvalue weighted by Crippen LogP contribution is 2.19. The van der Waals surface area contributed by atoms with Crippen LogP contribution in [0.5, 0.6) is 0 Å². The van der Waals surface area contributed by atoms with Crippen molar-refractivity contribution in [2.24, 2.45) is 5.92 Å². The molecule has 24 heavy (non-hydrogen) atoms. The zero-order chi connectivity index (χ0) is 17.1. The average Bonchev–Trinajstić information content (AvgIpc) is 2.60. The molecule has 0 radical (unpaired) electrons. The average molecular weight is 331 g/mol. The van der Waals surface area contributed by atoms with Gasteiger partial charge < -0.3 is 14.7 Å². The lowest BCUT2D eigenvalue weighted by Gasteiger charge is -2.34. The Balaban J connectivity index is 1.75. The lowest BCUT2D eigenvalue weighted by atomic mass is 10.00. The number of amides is 1. The number of piperidine rings is 1. The van der Waals surface area contributed by atoms with Crippen LogP contribution < -0.4 is 4.90 Å². The second kappa shape index (κ2) is 7.47. The molecule has 0 aliphatic carbocycles. The van der Waals surface area contributed by atoms with Gasteiger partial charge in [-0.15, -0.1) is 0 Å². The molecule has 3 heterocycles. The van der Waals surface area contributed by atoms with Crippen molar-refractivity contribution in [1.82, 2.24) is 19.8 Å². The standard InChI is InChI=1S/C18H29N5O/c1-4-21-8-10-22(11-9-21)18-19-15(3)12-16(20-18)17(24)23-7-5-6-14(2)13-23/h12,14H,4-11,13H2,1-3H3. The van der Waals surface area contributed by atoms with Gasteiger partial charge in [-0.2, -0.15) is 0 Å². The van der Waals surface area contributed by atoms with E-state index in [1.807, 2.05) is 17.9 Å². The number of aryl methyl sites for hydroxylation is 1. The molecule has 2 aliphatic rings. The van der Waals surface area contributed by atoms with E-state index in [0.717, 1.165) is 57.9 Å². The normalized spacial score (nSPS) is 22.7. The van der Waals surface area contributed by atoms with Crippen LogP contribution in [0.1, 0.15) is 42.9 Å². The van der Waals surface area contributed by atoms with Crippen LogP contribution in [0.25, 0.3) is 0 Å². The van der Waals surface area contributed by atoms with Gasteiger partial charge in [0.05, 0.1) is 0 Å². The summed E-state index contributed by atoms with van der Waals surface area (Å²) in [6, 6.07) is 1.83. The summed E-state index contributed by atoms with van der Waals surface area (Å²) in [7, 11) is 0. The monoisotopic (exact) mass is 331 g/mol. The quantitative estimate of drug-likeness (QED) is 0.845. The molecule has 1 aromatic rings. The van der Waals surface area contributed by atoms with Crippen LogP contribution in [-0.2, 0) is 0 Å². The van der Waals surface area contributed by atoms with Crippen LogP contribution in [0.3, 0.4) is 0 Å². The minimum absolute atomic E-state index is 0.0560. The van der Waals surface area contributed by atoms with Gasteiger partial charge in [0.2, 0.25) is 5.95 Å². The Kier molecular flexibility index (Phi) is 5.33. The van der Waals surface area contributed by atoms with Gasteiger partial charge in [-0.1, -0.05) is 13.8 Å². The summed E-state index contributed by atoms with van der Waals surface area (Å²) in [5, 5.41) is 0. The van der Waals surface area contributed by atoms with Crippen molar-refractivity contribution < 1.29 is 4.79 Å². The van der Waals surface area contributed by atoms with Gasteiger partial charge in [-0.05, 0) is 38.3 Å². The Labute approximate surface area is 144 Å². The van der Waals surface area contributed by atoms with Crippen molar-refractivity contribution in [3.8, 4) is 0 Å². The van der Waals surface area contributed by atoms with Gasteiger partial charge >= 0.3 is 0 Å². The fourth-order valence-electron chi connectivity index (χ4n) is 3.60. The molecule has 6 nitrogen and oxygen atoms in total. The second-order valence-electron chi connectivity index (χ2n) is 7.11. The molecule has 2 fully saturated rings. The highest BCUT2D eigenvalue weighted by Gasteiger charge is 2.25. The van der Waals surface area contributed by atoms with Gasteiger partial charge in [-0.25, -0.2) is 9.97 Å². The summed E-state index contributed by atoms with van der Waals surface area (Å²) >= 11 is 0. The zero-order valence-electron chi connectivity index (χ0n) is 15.2. The first-order valence-corrected chi connectivity index (χ1v) is 9.19. The van der Waals surface area contributed by atoms with Crippen molar-refractivity contribution in [1.29, 1.82) is 0 Å². The van der Waals surface area contributed by atoms with Crippen molar-refractivity contribution in [2.45, 2.75) is 33.6 Å². The molecule has 2 saturated heterocycles. The van der Waals surface area contributed by atoms with Gasteiger partial charge in [0, 0.05) is 45.0 Å². The highest BCUT2D eigenvalue weighted by atomic mass is 16.2. The molecule has 3 rings (SSSR count). The highest BCUT2D eigenvalue weighted by molar-refractivity contribution is 5.92. The fraction of sp³-hybridized carbons (Fsp3) is 0.722. The number of carbonyl (C=O) groups excluding carboxylic acids is 1. The first kappa shape index (κ1) is 17.1. The summed E-state index contributed by atoms with van der Waals surface area (Å²) in [5.74, 6) is 1.34. The maximum Gasteiger partial charge on any atom is 0.272 e. The molecular formula is C18H29N5O. The molecule has 1 unspecified atom stereocenters. The number of anilines is 1. The largest absolute Gasteiger partial charge is 0.338 e. The smallest absolute Gasteiger partial charge is 0.272 e. The van der Waals surface area contributed by atoms with E-state index >= 15 is 0 Å². The first-order valence-electron chi connectivity index (χ1n) is 9.19. The SMILES string of the molecule is CCN1CCN(c2nc(C)cc(C(=O)N3CCCC(C)C3)n2)CC1. The first-order chi connectivity index (χ1) is 11.6. The molecule has 1 aromatic heterocycles. The minimum atomic E-state index is 0.0560. The number of likely N-dealkylation sites (tertiary alicyclic amines) is 1. The molecule has 6 heteroatoms. The van der Waals surface area contributed by atoms with Crippen LogP contribution in [0, 0.1) is 12.8 Å². The lowest BCUT2D eigenvalue weighted by Crippen LogP contribution is -2.47. The van der Waals surface area contributed by atoms with Crippen molar-refractivity contribution in [2.75, 3.05) is 50.7 Å². The van der Waals surface area contributed by atoms with Crippen LogP contribution in [0.4, 0.5) is 5.95 Å².